The van der Waals surface area contributed by atoms with E-state index in [4.69, 9.17) is 4.74 Å². The zero-order valence-electron chi connectivity index (χ0n) is 8.30. The summed E-state index contributed by atoms with van der Waals surface area (Å²) in [5.74, 6) is -0.00519. The lowest BCUT2D eigenvalue weighted by Crippen LogP contribution is -2.46. The Morgan fingerprint density at radius 1 is 1.54 bits per heavy atom. The van der Waals surface area contributed by atoms with Gasteiger partial charge in [-0.25, -0.2) is 0 Å². The van der Waals surface area contributed by atoms with Crippen molar-refractivity contribution in [1.82, 2.24) is 10.6 Å². The third-order valence-electron chi connectivity index (χ3n) is 2.41. The molecule has 1 unspecified atom stereocenters. The molecule has 1 fully saturated rings. The van der Waals surface area contributed by atoms with E-state index < -0.39 is 0 Å². The molecule has 0 aromatic heterocycles. The Morgan fingerprint density at radius 2 is 2.15 bits per heavy atom. The number of ether oxygens (including phenoxy) is 1. The van der Waals surface area contributed by atoms with Crippen molar-refractivity contribution < 1.29 is 9.53 Å². The molecule has 0 aliphatic carbocycles. The SMILES string of the molecule is COC(C)C(=O)NC1CCNCC1. The molecule has 0 aromatic carbocycles. The zero-order valence-corrected chi connectivity index (χ0v) is 8.30. The van der Waals surface area contributed by atoms with Crippen LogP contribution in [0.1, 0.15) is 19.8 Å². The molecule has 13 heavy (non-hydrogen) atoms. The zero-order chi connectivity index (χ0) is 9.68. The van der Waals surface area contributed by atoms with E-state index in [2.05, 4.69) is 10.6 Å². The minimum absolute atomic E-state index is 0.00519. The Bertz CT molecular complexity index is 167. The Balaban J connectivity index is 2.26. The molecule has 1 rings (SSSR count). The van der Waals surface area contributed by atoms with E-state index >= 15 is 0 Å². The molecule has 1 aliphatic heterocycles. The monoisotopic (exact) mass is 186 g/mol. The van der Waals surface area contributed by atoms with Crippen molar-refractivity contribution in [2.24, 2.45) is 0 Å². The van der Waals surface area contributed by atoms with Crippen LogP contribution in [0.25, 0.3) is 0 Å². The number of hydrogen-bond donors (Lipinski definition) is 2. The molecule has 0 bridgehead atoms. The summed E-state index contributed by atoms with van der Waals surface area (Å²) in [5, 5.41) is 6.21. The van der Waals surface area contributed by atoms with E-state index in [9.17, 15) is 4.79 Å². The maximum Gasteiger partial charge on any atom is 0.249 e. The fourth-order valence-electron chi connectivity index (χ4n) is 1.39. The van der Waals surface area contributed by atoms with Crippen LogP contribution in [0.5, 0.6) is 0 Å². The lowest BCUT2D eigenvalue weighted by molar-refractivity contribution is -0.130. The second-order valence-electron chi connectivity index (χ2n) is 3.41. The molecule has 1 aliphatic rings. The van der Waals surface area contributed by atoms with Gasteiger partial charge in [-0.15, -0.1) is 0 Å². The Hall–Kier alpha value is -0.610. The Kier molecular flexibility index (Phi) is 4.18. The number of carbonyl (C=O) groups is 1. The van der Waals surface area contributed by atoms with E-state index in [-0.39, 0.29) is 12.0 Å². The van der Waals surface area contributed by atoms with Crippen molar-refractivity contribution in [3.05, 3.63) is 0 Å². The van der Waals surface area contributed by atoms with Crippen LogP contribution in [-0.4, -0.2) is 38.3 Å². The summed E-state index contributed by atoms with van der Waals surface area (Å²) in [6, 6.07) is 0.325. The molecular formula is C9H18N2O2. The molecule has 0 saturated carbocycles. The minimum atomic E-state index is -0.338. The predicted octanol–water partition coefficient (Wildman–Crippen LogP) is -0.111. The summed E-state index contributed by atoms with van der Waals surface area (Å²) in [6.45, 7) is 3.75. The molecule has 1 heterocycles. The normalized spacial score (nSPS) is 21.1. The number of amides is 1. The first kappa shape index (κ1) is 10.5. The summed E-state index contributed by atoms with van der Waals surface area (Å²) in [7, 11) is 1.55. The van der Waals surface area contributed by atoms with Gasteiger partial charge >= 0.3 is 0 Å². The second-order valence-corrected chi connectivity index (χ2v) is 3.41. The topological polar surface area (TPSA) is 50.4 Å². The maximum absolute atomic E-state index is 11.4. The number of rotatable bonds is 3. The van der Waals surface area contributed by atoms with Gasteiger partial charge in [-0.1, -0.05) is 0 Å². The molecule has 1 amide bonds. The summed E-state index contributed by atoms with van der Waals surface area (Å²) in [4.78, 5) is 11.4. The summed E-state index contributed by atoms with van der Waals surface area (Å²) in [6.07, 6.45) is 1.69. The van der Waals surface area contributed by atoms with Crippen LogP contribution < -0.4 is 10.6 Å². The van der Waals surface area contributed by atoms with Crippen LogP contribution >= 0.6 is 0 Å². The van der Waals surface area contributed by atoms with Crippen LogP contribution in [0.15, 0.2) is 0 Å². The first-order chi connectivity index (χ1) is 6.24. The lowest BCUT2D eigenvalue weighted by atomic mass is 10.1. The van der Waals surface area contributed by atoms with Crippen LogP contribution in [0.2, 0.25) is 0 Å². The Labute approximate surface area is 79.0 Å². The first-order valence-electron chi connectivity index (χ1n) is 4.78. The number of piperidine rings is 1. The van der Waals surface area contributed by atoms with Crippen molar-refractivity contribution in [3.8, 4) is 0 Å². The highest BCUT2D eigenvalue weighted by Gasteiger charge is 2.18. The lowest BCUT2D eigenvalue weighted by Gasteiger charge is -2.24. The largest absolute Gasteiger partial charge is 0.372 e. The summed E-state index contributed by atoms with van der Waals surface area (Å²) < 4.78 is 4.93. The second kappa shape index (κ2) is 5.19. The van der Waals surface area contributed by atoms with E-state index in [0.29, 0.717) is 6.04 Å². The van der Waals surface area contributed by atoms with Gasteiger partial charge in [0.2, 0.25) is 5.91 Å². The quantitative estimate of drug-likeness (QED) is 0.646. The van der Waals surface area contributed by atoms with Gasteiger partial charge in [-0.2, -0.15) is 0 Å². The third kappa shape index (κ3) is 3.32. The minimum Gasteiger partial charge on any atom is -0.372 e. The van der Waals surface area contributed by atoms with Crippen LogP contribution in [-0.2, 0) is 9.53 Å². The van der Waals surface area contributed by atoms with E-state index in [1.54, 1.807) is 14.0 Å². The predicted molar refractivity (Wildman–Crippen MR) is 50.5 cm³/mol. The molecular weight excluding hydrogens is 168 g/mol. The van der Waals surface area contributed by atoms with Crippen molar-refractivity contribution >= 4 is 5.91 Å². The molecule has 0 aromatic rings. The molecule has 2 N–H and O–H groups in total. The average molecular weight is 186 g/mol. The van der Waals surface area contributed by atoms with Gasteiger partial charge in [0, 0.05) is 13.2 Å². The van der Waals surface area contributed by atoms with Crippen molar-refractivity contribution in [2.75, 3.05) is 20.2 Å². The van der Waals surface area contributed by atoms with Gasteiger partial charge in [0.05, 0.1) is 0 Å². The molecule has 4 nitrogen and oxygen atoms in total. The fraction of sp³-hybridized carbons (Fsp3) is 0.889. The van der Waals surface area contributed by atoms with Crippen LogP contribution in [0.3, 0.4) is 0 Å². The van der Waals surface area contributed by atoms with Gasteiger partial charge in [0.1, 0.15) is 6.10 Å². The average Bonchev–Trinajstić information content (AvgIpc) is 2.18. The smallest absolute Gasteiger partial charge is 0.249 e. The van der Waals surface area contributed by atoms with Gasteiger partial charge in [-0.3, -0.25) is 4.79 Å². The molecule has 0 radical (unpaired) electrons. The summed E-state index contributed by atoms with van der Waals surface area (Å²) >= 11 is 0. The van der Waals surface area contributed by atoms with Gasteiger partial charge < -0.3 is 15.4 Å². The van der Waals surface area contributed by atoms with E-state index in [1.807, 2.05) is 0 Å². The van der Waals surface area contributed by atoms with Crippen molar-refractivity contribution in [3.63, 3.8) is 0 Å². The molecule has 4 heteroatoms. The molecule has 0 spiro atoms. The fourth-order valence-corrected chi connectivity index (χ4v) is 1.39. The third-order valence-corrected chi connectivity index (χ3v) is 2.41. The number of carbonyl (C=O) groups excluding carboxylic acids is 1. The molecule has 76 valence electrons. The summed E-state index contributed by atoms with van der Waals surface area (Å²) in [5.41, 5.74) is 0. The first-order valence-corrected chi connectivity index (χ1v) is 4.78. The van der Waals surface area contributed by atoms with Crippen LogP contribution in [0.4, 0.5) is 0 Å². The highest BCUT2D eigenvalue weighted by atomic mass is 16.5. The van der Waals surface area contributed by atoms with E-state index in [0.717, 1.165) is 25.9 Å². The van der Waals surface area contributed by atoms with Gasteiger partial charge in [0.25, 0.3) is 0 Å². The standard InChI is InChI=1S/C9H18N2O2/c1-7(13-2)9(12)11-8-3-5-10-6-4-8/h7-8,10H,3-6H2,1-2H3,(H,11,12). The molecule has 1 saturated heterocycles. The van der Waals surface area contributed by atoms with E-state index in [1.165, 1.54) is 0 Å². The number of methoxy groups -OCH3 is 1. The highest BCUT2D eigenvalue weighted by molar-refractivity contribution is 5.80. The highest BCUT2D eigenvalue weighted by Crippen LogP contribution is 2.02. The Morgan fingerprint density at radius 3 is 2.69 bits per heavy atom. The van der Waals surface area contributed by atoms with Crippen molar-refractivity contribution in [2.45, 2.75) is 31.9 Å². The van der Waals surface area contributed by atoms with Gasteiger partial charge in [0.15, 0.2) is 0 Å². The maximum atomic E-state index is 11.4. The number of nitrogens with one attached hydrogen (secondary N) is 2. The number of hydrogen-bond acceptors (Lipinski definition) is 3. The van der Waals surface area contributed by atoms with Crippen LogP contribution in [0, 0.1) is 0 Å². The molecule has 1 atom stereocenters. The van der Waals surface area contributed by atoms with Gasteiger partial charge in [-0.05, 0) is 32.9 Å². The van der Waals surface area contributed by atoms with Crippen molar-refractivity contribution in [1.29, 1.82) is 0 Å².